The molecule has 1 amide bonds. The number of aromatic nitrogens is 4. The second-order valence-electron chi connectivity index (χ2n) is 6.97. The van der Waals surface area contributed by atoms with E-state index in [0.29, 0.717) is 22.7 Å². The van der Waals surface area contributed by atoms with Crippen molar-refractivity contribution >= 4 is 28.7 Å². The van der Waals surface area contributed by atoms with Crippen LogP contribution in [-0.2, 0) is 11.3 Å². The van der Waals surface area contributed by atoms with Crippen LogP contribution in [0.2, 0.25) is 0 Å². The Morgan fingerprint density at radius 1 is 1.13 bits per heavy atom. The number of carbonyl (C=O) groups is 1. The highest BCUT2D eigenvalue weighted by atomic mass is 32.2. The van der Waals surface area contributed by atoms with E-state index < -0.39 is 0 Å². The van der Waals surface area contributed by atoms with Crippen LogP contribution < -0.4 is 5.56 Å². The van der Waals surface area contributed by atoms with E-state index in [1.165, 1.54) is 18.0 Å². The molecule has 2 aromatic carbocycles. The van der Waals surface area contributed by atoms with Crippen molar-refractivity contribution in [3.63, 3.8) is 0 Å². The number of nitrogens with one attached hydrogen (secondary N) is 1. The Labute approximate surface area is 177 Å². The summed E-state index contributed by atoms with van der Waals surface area (Å²) in [6.45, 7) is 2.57. The molecule has 0 bridgehead atoms. The van der Waals surface area contributed by atoms with Gasteiger partial charge in [0.1, 0.15) is 5.39 Å². The molecule has 4 aromatic rings. The highest BCUT2D eigenvalue weighted by Crippen LogP contribution is 2.18. The van der Waals surface area contributed by atoms with Gasteiger partial charge in [0, 0.05) is 13.6 Å². The van der Waals surface area contributed by atoms with Gasteiger partial charge in [-0.1, -0.05) is 54.2 Å². The number of para-hydroxylation sites is 1. The number of hydrogen-bond donors (Lipinski definition) is 1. The Kier molecular flexibility index (Phi) is 5.67. The third-order valence-corrected chi connectivity index (χ3v) is 5.70. The summed E-state index contributed by atoms with van der Waals surface area (Å²) in [7, 11) is 1.78. The van der Waals surface area contributed by atoms with Crippen LogP contribution in [0.4, 0.5) is 0 Å². The van der Waals surface area contributed by atoms with Crippen molar-refractivity contribution in [1.29, 1.82) is 0 Å². The molecular weight excluding hydrogens is 398 g/mol. The molecule has 0 radical (unpaired) electrons. The summed E-state index contributed by atoms with van der Waals surface area (Å²) in [6, 6.07) is 17.5. The van der Waals surface area contributed by atoms with E-state index in [1.807, 2.05) is 61.5 Å². The number of amides is 1. The average molecular weight is 420 g/mol. The number of nitrogens with zero attached hydrogens (tertiary/aromatic N) is 4. The average Bonchev–Trinajstić information content (AvgIpc) is 3.19. The van der Waals surface area contributed by atoms with E-state index in [1.54, 1.807) is 16.6 Å². The molecule has 7 nitrogen and oxygen atoms in total. The number of carbonyl (C=O) groups excluding carboxylic acids is 1. The number of benzene rings is 2. The van der Waals surface area contributed by atoms with Crippen molar-refractivity contribution in [1.82, 2.24) is 24.6 Å². The van der Waals surface area contributed by atoms with Crippen molar-refractivity contribution in [2.45, 2.75) is 18.6 Å². The Morgan fingerprint density at radius 3 is 2.63 bits per heavy atom. The van der Waals surface area contributed by atoms with E-state index in [4.69, 9.17) is 0 Å². The smallest absolute Gasteiger partial charge is 0.262 e. The molecule has 0 unspecified atom stereocenters. The molecule has 0 aliphatic heterocycles. The van der Waals surface area contributed by atoms with Gasteiger partial charge >= 0.3 is 0 Å². The fourth-order valence-corrected chi connectivity index (χ4v) is 3.89. The van der Waals surface area contributed by atoms with Gasteiger partial charge in [-0.05, 0) is 30.2 Å². The zero-order valence-corrected chi connectivity index (χ0v) is 17.5. The standard InChI is InChI=1S/C22H21N5O2S/c1-15-8-6-7-9-16(15)13-26(2)19(28)14-30-22-24-20-18(21(29)25-22)12-23-27(20)17-10-4-3-5-11-17/h3-12H,13-14H2,1-2H3,(H,24,25,29). The predicted octanol–water partition coefficient (Wildman–Crippen LogP) is 3.17. The van der Waals surface area contributed by atoms with Crippen LogP contribution in [0.1, 0.15) is 11.1 Å². The Bertz CT molecular complexity index is 1250. The van der Waals surface area contributed by atoms with E-state index >= 15 is 0 Å². The Balaban J connectivity index is 1.51. The van der Waals surface area contributed by atoms with Crippen LogP contribution in [-0.4, -0.2) is 43.4 Å². The lowest BCUT2D eigenvalue weighted by Crippen LogP contribution is -2.28. The number of rotatable bonds is 6. The van der Waals surface area contributed by atoms with Crippen molar-refractivity contribution in [3.05, 3.63) is 82.3 Å². The summed E-state index contributed by atoms with van der Waals surface area (Å²) >= 11 is 1.21. The van der Waals surface area contributed by atoms with E-state index in [2.05, 4.69) is 15.1 Å². The van der Waals surface area contributed by atoms with Gasteiger partial charge in [-0.2, -0.15) is 5.10 Å². The van der Waals surface area contributed by atoms with Gasteiger partial charge in [-0.25, -0.2) is 9.67 Å². The normalized spacial score (nSPS) is 11.0. The van der Waals surface area contributed by atoms with Crippen LogP contribution >= 0.6 is 11.8 Å². The summed E-state index contributed by atoms with van der Waals surface area (Å²) in [6.07, 6.45) is 1.50. The molecule has 0 spiro atoms. The Hall–Kier alpha value is -3.39. The van der Waals surface area contributed by atoms with Crippen LogP contribution in [0.5, 0.6) is 0 Å². The lowest BCUT2D eigenvalue weighted by Gasteiger charge is -2.18. The highest BCUT2D eigenvalue weighted by Gasteiger charge is 2.15. The largest absolute Gasteiger partial charge is 0.341 e. The lowest BCUT2D eigenvalue weighted by molar-refractivity contribution is -0.127. The van der Waals surface area contributed by atoms with Gasteiger partial charge in [0.15, 0.2) is 10.8 Å². The SMILES string of the molecule is Cc1ccccc1CN(C)C(=O)CSc1nc2c(cnn2-c2ccccc2)c(=O)[nH]1. The zero-order valence-electron chi connectivity index (χ0n) is 16.7. The van der Waals surface area contributed by atoms with Gasteiger partial charge in [-0.3, -0.25) is 9.59 Å². The summed E-state index contributed by atoms with van der Waals surface area (Å²) in [4.78, 5) is 34.0. The molecule has 0 aliphatic rings. The second kappa shape index (κ2) is 8.54. The number of aromatic amines is 1. The zero-order chi connectivity index (χ0) is 21.1. The monoisotopic (exact) mass is 419 g/mol. The molecule has 1 N–H and O–H groups in total. The van der Waals surface area contributed by atoms with Gasteiger partial charge in [0.05, 0.1) is 17.6 Å². The molecule has 0 aliphatic carbocycles. The van der Waals surface area contributed by atoms with Crippen LogP contribution in [0.3, 0.4) is 0 Å². The molecule has 0 saturated heterocycles. The predicted molar refractivity (Wildman–Crippen MR) is 118 cm³/mol. The van der Waals surface area contributed by atoms with Crippen molar-refractivity contribution in [2.75, 3.05) is 12.8 Å². The van der Waals surface area contributed by atoms with Crippen LogP contribution in [0, 0.1) is 6.92 Å². The topological polar surface area (TPSA) is 83.9 Å². The number of aryl methyl sites for hydroxylation is 1. The molecule has 30 heavy (non-hydrogen) atoms. The van der Waals surface area contributed by atoms with Gasteiger partial charge in [0.25, 0.3) is 5.56 Å². The minimum absolute atomic E-state index is 0.0393. The van der Waals surface area contributed by atoms with Gasteiger partial charge in [-0.15, -0.1) is 0 Å². The quantitative estimate of drug-likeness (QED) is 0.383. The Morgan fingerprint density at radius 2 is 1.87 bits per heavy atom. The minimum Gasteiger partial charge on any atom is -0.341 e. The molecule has 4 rings (SSSR count). The fourth-order valence-electron chi connectivity index (χ4n) is 3.10. The van der Waals surface area contributed by atoms with Gasteiger partial charge < -0.3 is 9.88 Å². The fraction of sp³-hybridized carbons (Fsp3) is 0.182. The van der Waals surface area contributed by atoms with Crippen LogP contribution in [0.25, 0.3) is 16.7 Å². The molecule has 0 atom stereocenters. The molecule has 0 fully saturated rings. The summed E-state index contributed by atoms with van der Waals surface area (Å²) in [5.74, 6) is 0.138. The second-order valence-corrected chi connectivity index (χ2v) is 7.93. The van der Waals surface area contributed by atoms with Crippen molar-refractivity contribution in [2.24, 2.45) is 0 Å². The summed E-state index contributed by atoms with van der Waals surface area (Å²) in [5, 5.41) is 5.10. The maximum atomic E-state index is 12.6. The first-order valence-electron chi connectivity index (χ1n) is 9.47. The molecular formula is C22H21N5O2S. The van der Waals surface area contributed by atoms with E-state index in [9.17, 15) is 9.59 Å². The van der Waals surface area contributed by atoms with E-state index in [0.717, 1.165) is 16.8 Å². The van der Waals surface area contributed by atoms with Gasteiger partial charge in [0.2, 0.25) is 5.91 Å². The molecule has 8 heteroatoms. The first-order chi connectivity index (χ1) is 14.5. The number of thioether (sulfide) groups is 1. The maximum Gasteiger partial charge on any atom is 0.262 e. The molecule has 2 aromatic heterocycles. The minimum atomic E-state index is -0.273. The molecule has 152 valence electrons. The molecule has 0 saturated carbocycles. The van der Waals surface area contributed by atoms with Crippen LogP contribution in [0.15, 0.2) is 70.7 Å². The lowest BCUT2D eigenvalue weighted by atomic mass is 10.1. The summed E-state index contributed by atoms with van der Waals surface area (Å²) < 4.78 is 1.63. The highest BCUT2D eigenvalue weighted by molar-refractivity contribution is 7.99. The number of hydrogen-bond acceptors (Lipinski definition) is 5. The maximum absolute atomic E-state index is 12.6. The third-order valence-electron chi connectivity index (χ3n) is 4.84. The third kappa shape index (κ3) is 4.13. The molecule has 2 heterocycles. The number of fused-ring (bicyclic) bond motifs is 1. The van der Waals surface area contributed by atoms with Crippen molar-refractivity contribution in [3.8, 4) is 5.69 Å². The summed E-state index contributed by atoms with van der Waals surface area (Å²) in [5.41, 5.74) is 3.27. The van der Waals surface area contributed by atoms with Crippen molar-refractivity contribution < 1.29 is 4.79 Å². The first-order valence-corrected chi connectivity index (χ1v) is 10.5. The first kappa shape index (κ1) is 19.9. The van der Waals surface area contributed by atoms with E-state index in [-0.39, 0.29) is 17.2 Å². The number of H-pyrrole nitrogens is 1.